The van der Waals surface area contributed by atoms with E-state index in [1.54, 1.807) is 11.9 Å². The van der Waals surface area contributed by atoms with Crippen LogP contribution in [0.5, 0.6) is 0 Å². The van der Waals surface area contributed by atoms with E-state index in [9.17, 15) is 4.79 Å². The molecule has 1 N–H and O–H groups in total. The van der Waals surface area contributed by atoms with Crippen LogP contribution in [0.4, 0.5) is 0 Å². The number of rotatable bonds is 4. The predicted molar refractivity (Wildman–Crippen MR) is 41.5 cm³/mol. The molecular weight excluding hydrogens is 128 g/mol. The lowest BCUT2D eigenvalue weighted by Crippen LogP contribution is -2.33. The van der Waals surface area contributed by atoms with Crippen LogP contribution in [-0.4, -0.2) is 30.9 Å². The number of nitrogens with zero attached hydrogens (tertiary/aromatic N) is 1. The number of nitrogens with one attached hydrogen (secondary N) is 1. The van der Waals surface area contributed by atoms with E-state index in [-0.39, 0.29) is 5.91 Å². The fraction of sp³-hybridized carbons (Fsp3) is 0.571. The van der Waals surface area contributed by atoms with Gasteiger partial charge in [0.05, 0.1) is 6.54 Å². The molecule has 58 valence electrons. The lowest BCUT2D eigenvalue weighted by Gasteiger charge is -2.13. The Bertz CT molecular complexity index is 123. The van der Waals surface area contributed by atoms with E-state index in [0.717, 1.165) is 6.54 Å². The van der Waals surface area contributed by atoms with Gasteiger partial charge in [-0.3, -0.25) is 4.79 Å². The molecule has 10 heavy (non-hydrogen) atoms. The molecule has 3 nitrogen and oxygen atoms in total. The minimum atomic E-state index is 0.0856. The Labute approximate surface area is 61.7 Å². The maximum Gasteiger partial charge on any atom is 0.241 e. The minimum Gasteiger partial charge on any atom is -0.383 e. The van der Waals surface area contributed by atoms with Crippen molar-refractivity contribution in [2.45, 2.75) is 6.92 Å². The number of hydrogen-bond acceptors (Lipinski definition) is 2. The summed E-state index contributed by atoms with van der Waals surface area (Å²) < 4.78 is 0. The minimum absolute atomic E-state index is 0.0856. The van der Waals surface area contributed by atoms with Crippen molar-refractivity contribution in [1.82, 2.24) is 10.2 Å². The van der Waals surface area contributed by atoms with Gasteiger partial charge in [-0.25, -0.2) is 0 Å². The Morgan fingerprint density at radius 1 is 1.80 bits per heavy atom. The molecule has 0 saturated heterocycles. The molecule has 0 aliphatic carbocycles. The first-order chi connectivity index (χ1) is 4.72. The summed E-state index contributed by atoms with van der Waals surface area (Å²) in [5, 5.41) is 2.74. The number of likely N-dealkylation sites (N-methyl/N-ethyl adjacent to an activating group) is 1. The van der Waals surface area contributed by atoms with Crippen LogP contribution < -0.4 is 5.32 Å². The van der Waals surface area contributed by atoms with Crippen LogP contribution in [0.15, 0.2) is 12.8 Å². The highest BCUT2D eigenvalue weighted by Crippen LogP contribution is 1.80. The molecule has 0 atom stereocenters. The van der Waals surface area contributed by atoms with Gasteiger partial charge in [0.25, 0.3) is 0 Å². The summed E-state index contributed by atoms with van der Waals surface area (Å²) in [5.74, 6) is 0.0856. The molecule has 0 aliphatic heterocycles. The quantitative estimate of drug-likeness (QED) is 0.608. The molecule has 0 aromatic heterocycles. The molecule has 1 amide bonds. The maximum atomic E-state index is 10.9. The molecule has 0 bridgehead atoms. The molecule has 0 radical (unpaired) electrons. The SMILES string of the molecule is C=CNCC(=O)N(C)CC. The first kappa shape index (κ1) is 9.01. The van der Waals surface area contributed by atoms with Gasteiger partial charge in [-0.15, -0.1) is 0 Å². The average molecular weight is 142 g/mol. The third-order valence-electron chi connectivity index (χ3n) is 1.30. The van der Waals surface area contributed by atoms with E-state index in [1.165, 1.54) is 6.20 Å². The van der Waals surface area contributed by atoms with Gasteiger partial charge in [0.2, 0.25) is 5.91 Å². The van der Waals surface area contributed by atoms with Crippen molar-refractivity contribution in [1.29, 1.82) is 0 Å². The Kier molecular flexibility index (Phi) is 4.37. The Morgan fingerprint density at radius 3 is 2.80 bits per heavy atom. The highest BCUT2D eigenvalue weighted by Gasteiger charge is 2.02. The topological polar surface area (TPSA) is 32.3 Å². The summed E-state index contributed by atoms with van der Waals surface area (Å²) in [6.45, 7) is 6.46. The monoisotopic (exact) mass is 142 g/mol. The second kappa shape index (κ2) is 4.85. The van der Waals surface area contributed by atoms with Crippen molar-refractivity contribution in [3.63, 3.8) is 0 Å². The first-order valence-electron chi connectivity index (χ1n) is 3.30. The molecule has 3 heteroatoms. The van der Waals surface area contributed by atoms with E-state index < -0.39 is 0 Å². The zero-order valence-corrected chi connectivity index (χ0v) is 6.55. The van der Waals surface area contributed by atoms with Crippen molar-refractivity contribution < 1.29 is 4.79 Å². The molecular formula is C7H14N2O. The van der Waals surface area contributed by atoms with Crippen LogP contribution in [0.2, 0.25) is 0 Å². The number of carbonyl (C=O) groups excluding carboxylic acids is 1. The molecule has 0 spiro atoms. The van der Waals surface area contributed by atoms with Crippen molar-refractivity contribution in [3.05, 3.63) is 12.8 Å². The van der Waals surface area contributed by atoms with Gasteiger partial charge in [-0.1, -0.05) is 6.58 Å². The zero-order valence-electron chi connectivity index (χ0n) is 6.55. The van der Waals surface area contributed by atoms with Gasteiger partial charge in [-0.05, 0) is 13.1 Å². The second-order valence-electron chi connectivity index (χ2n) is 1.99. The van der Waals surface area contributed by atoms with Gasteiger partial charge in [-0.2, -0.15) is 0 Å². The summed E-state index contributed by atoms with van der Waals surface area (Å²) in [4.78, 5) is 12.6. The van der Waals surface area contributed by atoms with E-state index >= 15 is 0 Å². The summed E-state index contributed by atoms with van der Waals surface area (Å²) >= 11 is 0. The number of hydrogen-bond donors (Lipinski definition) is 1. The van der Waals surface area contributed by atoms with Gasteiger partial charge in [0.1, 0.15) is 0 Å². The Morgan fingerprint density at radius 2 is 2.40 bits per heavy atom. The van der Waals surface area contributed by atoms with Crippen LogP contribution in [0.25, 0.3) is 0 Å². The standard InChI is InChI=1S/C7H14N2O/c1-4-8-6-7(10)9(3)5-2/h4,8H,1,5-6H2,2-3H3. The summed E-state index contributed by atoms with van der Waals surface area (Å²) in [5.41, 5.74) is 0. The Hall–Kier alpha value is -0.990. The fourth-order valence-electron chi connectivity index (χ4n) is 0.471. The summed E-state index contributed by atoms with van der Waals surface area (Å²) in [7, 11) is 1.77. The number of amides is 1. The van der Waals surface area contributed by atoms with Crippen molar-refractivity contribution in [2.24, 2.45) is 0 Å². The summed E-state index contributed by atoms with van der Waals surface area (Å²) in [6, 6.07) is 0. The van der Waals surface area contributed by atoms with Gasteiger partial charge < -0.3 is 10.2 Å². The van der Waals surface area contributed by atoms with Crippen LogP contribution in [0.1, 0.15) is 6.92 Å². The van der Waals surface area contributed by atoms with Crippen LogP contribution in [0, 0.1) is 0 Å². The van der Waals surface area contributed by atoms with E-state index in [1.807, 2.05) is 6.92 Å². The van der Waals surface area contributed by atoms with E-state index in [2.05, 4.69) is 11.9 Å². The first-order valence-corrected chi connectivity index (χ1v) is 3.30. The number of carbonyl (C=O) groups is 1. The Balaban J connectivity index is 3.51. The lowest BCUT2D eigenvalue weighted by molar-refractivity contribution is -0.128. The third kappa shape index (κ3) is 3.12. The molecule has 0 rings (SSSR count). The molecule has 0 saturated carbocycles. The lowest BCUT2D eigenvalue weighted by atomic mass is 10.5. The summed E-state index contributed by atoms with van der Waals surface area (Å²) in [6.07, 6.45) is 1.52. The molecule has 0 fully saturated rings. The maximum absolute atomic E-state index is 10.9. The predicted octanol–water partition coefficient (Wildman–Crippen LogP) is 0.198. The molecule has 0 heterocycles. The van der Waals surface area contributed by atoms with Crippen molar-refractivity contribution >= 4 is 5.91 Å². The van der Waals surface area contributed by atoms with Crippen LogP contribution >= 0.6 is 0 Å². The van der Waals surface area contributed by atoms with Gasteiger partial charge >= 0.3 is 0 Å². The van der Waals surface area contributed by atoms with Gasteiger partial charge in [0.15, 0.2) is 0 Å². The third-order valence-corrected chi connectivity index (χ3v) is 1.30. The van der Waals surface area contributed by atoms with E-state index in [4.69, 9.17) is 0 Å². The molecule has 0 aromatic carbocycles. The average Bonchev–Trinajstić information content (AvgIpc) is 1.98. The normalized spacial score (nSPS) is 8.60. The zero-order chi connectivity index (χ0) is 7.98. The van der Waals surface area contributed by atoms with Gasteiger partial charge in [0, 0.05) is 13.6 Å². The van der Waals surface area contributed by atoms with Crippen molar-refractivity contribution in [3.8, 4) is 0 Å². The highest BCUT2D eigenvalue weighted by atomic mass is 16.2. The highest BCUT2D eigenvalue weighted by molar-refractivity contribution is 5.77. The van der Waals surface area contributed by atoms with Crippen LogP contribution in [-0.2, 0) is 4.79 Å². The van der Waals surface area contributed by atoms with E-state index in [0.29, 0.717) is 6.54 Å². The van der Waals surface area contributed by atoms with Crippen molar-refractivity contribution in [2.75, 3.05) is 20.1 Å². The molecule has 0 aromatic rings. The molecule has 0 aliphatic rings. The largest absolute Gasteiger partial charge is 0.383 e. The second-order valence-corrected chi connectivity index (χ2v) is 1.99. The molecule has 0 unspecified atom stereocenters. The van der Waals surface area contributed by atoms with Crippen LogP contribution in [0.3, 0.4) is 0 Å². The smallest absolute Gasteiger partial charge is 0.241 e. The fourth-order valence-corrected chi connectivity index (χ4v) is 0.471.